The molecule has 4 rings (SSSR count). The van der Waals surface area contributed by atoms with Crippen LogP contribution in [0.4, 0.5) is 5.69 Å². The van der Waals surface area contributed by atoms with E-state index < -0.39 is 0 Å². The van der Waals surface area contributed by atoms with Gasteiger partial charge < -0.3 is 14.5 Å². The van der Waals surface area contributed by atoms with Crippen LogP contribution in [0.2, 0.25) is 0 Å². The van der Waals surface area contributed by atoms with Gasteiger partial charge in [-0.25, -0.2) is 4.98 Å². The standard InChI is InChI=1S/C14H10N2O2/c1-2-4-12-11(3-1)16-14(18-12)9-5-6-10-13(7-9)17-8-15-10/h1-7,15H,8H2. The topological polar surface area (TPSA) is 47.3 Å². The van der Waals surface area contributed by atoms with Gasteiger partial charge in [0, 0.05) is 5.56 Å². The number of fused-ring (bicyclic) bond motifs is 2. The number of rotatable bonds is 1. The normalized spacial score (nSPS) is 13.1. The molecule has 0 radical (unpaired) electrons. The Bertz CT molecular complexity index is 700. The Hall–Kier alpha value is -2.49. The first-order valence-corrected chi connectivity index (χ1v) is 5.77. The van der Waals surface area contributed by atoms with Gasteiger partial charge in [0.1, 0.15) is 11.3 Å². The summed E-state index contributed by atoms with van der Waals surface area (Å²) in [7, 11) is 0. The summed E-state index contributed by atoms with van der Waals surface area (Å²) in [6.45, 7) is 0.520. The van der Waals surface area contributed by atoms with Gasteiger partial charge in [-0.05, 0) is 30.3 Å². The molecule has 3 aromatic rings. The van der Waals surface area contributed by atoms with Gasteiger partial charge in [-0.2, -0.15) is 0 Å². The van der Waals surface area contributed by atoms with Crippen LogP contribution in [-0.2, 0) is 0 Å². The van der Waals surface area contributed by atoms with Gasteiger partial charge in [0.15, 0.2) is 12.3 Å². The van der Waals surface area contributed by atoms with E-state index in [0.717, 1.165) is 28.1 Å². The zero-order chi connectivity index (χ0) is 11.9. The molecule has 0 fully saturated rings. The first-order valence-electron chi connectivity index (χ1n) is 5.77. The van der Waals surface area contributed by atoms with Crippen LogP contribution in [0.5, 0.6) is 5.75 Å². The number of anilines is 1. The summed E-state index contributed by atoms with van der Waals surface area (Å²) in [5, 5.41) is 3.13. The number of hydrogen-bond acceptors (Lipinski definition) is 4. The molecular weight excluding hydrogens is 228 g/mol. The molecule has 0 unspecified atom stereocenters. The minimum atomic E-state index is 0.520. The second-order valence-corrected chi connectivity index (χ2v) is 4.16. The molecule has 0 bridgehead atoms. The van der Waals surface area contributed by atoms with Crippen molar-refractivity contribution < 1.29 is 9.15 Å². The summed E-state index contributed by atoms with van der Waals surface area (Å²) in [5.74, 6) is 1.46. The van der Waals surface area contributed by atoms with Crippen molar-refractivity contribution in [1.29, 1.82) is 0 Å². The summed E-state index contributed by atoms with van der Waals surface area (Å²) < 4.78 is 11.2. The summed E-state index contributed by atoms with van der Waals surface area (Å²) in [6.07, 6.45) is 0. The van der Waals surface area contributed by atoms with Crippen molar-refractivity contribution in [2.24, 2.45) is 0 Å². The van der Waals surface area contributed by atoms with E-state index in [1.807, 2.05) is 42.5 Å². The van der Waals surface area contributed by atoms with Crippen LogP contribution >= 0.6 is 0 Å². The second-order valence-electron chi connectivity index (χ2n) is 4.16. The predicted octanol–water partition coefficient (Wildman–Crippen LogP) is 3.26. The van der Waals surface area contributed by atoms with Crippen LogP contribution in [0.1, 0.15) is 0 Å². The minimum Gasteiger partial charge on any atom is -0.471 e. The fraction of sp³-hybridized carbons (Fsp3) is 0.0714. The molecule has 1 aliphatic rings. The van der Waals surface area contributed by atoms with E-state index in [-0.39, 0.29) is 0 Å². The van der Waals surface area contributed by atoms with Gasteiger partial charge in [0.25, 0.3) is 0 Å². The molecule has 2 heterocycles. The zero-order valence-electron chi connectivity index (χ0n) is 9.51. The molecule has 0 spiro atoms. The number of oxazole rings is 1. The number of nitrogens with one attached hydrogen (secondary N) is 1. The molecule has 18 heavy (non-hydrogen) atoms. The van der Waals surface area contributed by atoms with E-state index in [1.54, 1.807) is 0 Å². The molecule has 0 aliphatic carbocycles. The van der Waals surface area contributed by atoms with Crippen LogP contribution in [0.3, 0.4) is 0 Å². The molecule has 1 N–H and O–H groups in total. The molecule has 0 amide bonds. The van der Waals surface area contributed by atoms with Crippen molar-refractivity contribution >= 4 is 16.8 Å². The highest BCUT2D eigenvalue weighted by Gasteiger charge is 2.14. The summed E-state index contributed by atoms with van der Waals surface area (Å²) >= 11 is 0. The summed E-state index contributed by atoms with van der Waals surface area (Å²) in [5.41, 5.74) is 3.60. The first kappa shape index (κ1) is 9.53. The Kier molecular flexibility index (Phi) is 1.85. The molecule has 2 aromatic carbocycles. The second kappa shape index (κ2) is 3.50. The third-order valence-corrected chi connectivity index (χ3v) is 3.01. The van der Waals surface area contributed by atoms with E-state index in [4.69, 9.17) is 9.15 Å². The van der Waals surface area contributed by atoms with Gasteiger partial charge in [-0.3, -0.25) is 0 Å². The van der Waals surface area contributed by atoms with E-state index in [1.165, 1.54) is 0 Å². The third-order valence-electron chi connectivity index (χ3n) is 3.01. The largest absolute Gasteiger partial charge is 0.471 e. The maximum absolute atomic E-state index is 5.73. The SMILES string of the molecule is c1ccc2oc(-c3ccc4c(c3)OCN4)nc2c1. The van der Waals surface area contributed by atoms with Gasteiger partial charge in [-0.1, -0.05) is 12.1 Å². The molecule has 1 aliphatic heterocycles. The molecule has 0 saturated carbocycles. The third kappa shape index (κ3) is 1.35. The van der Waals surface area contributed by atoms with Crippen LogP contribution in [-0.4, -0.2) is 11.7 Å². The Morgan fingerprint density at radius 1 is 1.11 bits per heavy atom. The van der Waals surface area contributed by atoms with E-state index in [0.29, 0.717) is 12.6 Å². The quantitative estimate of drug-likeness (QED) is 0.706. The Morgan fingerprint density at radius 2 is 2.06 bits per heavy atom. The highest BCUT2D eigenvalue weighted by molar-refractivity contribution is 5.77. The Balaban J connectivity index is 1.86. The highest BCUT2D eigenvalue weighted by atomic mass is 16.5. The number of aromatic nitrogens is 1. The lowest BCUT2D eigenvalue weighted by atomic mass is 10.2. The highest BCUT2D eigenvalue weighted by Crippen LogP contribution is 2.34. The van der Waals surface area contributed by atoms with Crippen molar-refractivity contribution in [3.8, 4) is 17.2 Å². The predicted molar refractivity (Wildman–Crippen MR) is 68.6 cm³/mol. The lowest BCUT2D eigenvalue weighted by molar-refractivity contribution is 0.372. The maximum Gasteiger partial charge on any atom is 0.227 e. The van der Waals surface area contributed by atoms with Gasteiger partial charge >= 0.3 is 0 Å². The maximum atomic E-state index is 5.73. The van der Waals surface area contributed by atoms with E-state index >= 15 is 0 Å². The van der Waals surface area contributed by atoms with Crippen LogP contribution in [0, 0.1) is 0 Å². The van der Waals surface area contributed by atoms with Crippen molar-refractivity contribution in [3.63, 3.8) is 0 Å². The molecule has 4 heteroatoms. The van der Waals surface area contributed by atoms with Gasteiger partial charge in [-0.15, -0.1) is 0 Å². The molecular formula is C14H10N2O2. The number of hydrogen-bond donors (Lipinski definition) is 1. The van der Waals surface area contributed by atoms with Crippen molar-refractivity contribution in [3.05, 3.63) is 42.5 Å². The smallest absolute Gasteiger partial charge is 0.227 e. The molecule has 0 saturated heterocycles. The summed E-state index contributed by atoms with van der Waals surface area (Å²) in [4.78, 5) is 4.47. The van der Waals surface area contributed by atoms with E-state index in [9.17, 15) is 0 Å². The molecule has 0 atom stereocenters. The van der Waals surface area contributed by atoms with Gasteiger partial charge in [0.05, 0.1) is 5.69 Å². The zero-order valence-corrected chi connectivity index (χ0v) is 9.51. The lowest BCUT2D eigenvalue weighted by Gasteiger charge is -1.99. The van der Waals surface area contributed by atoms with Crippen molar-refractivity contribution in [1.82, 2.24) is 4.98 Å². The van der Waals surface area contributed by atoms with Crippen LogP contribution in [0.15, 0.2) is 46.9 Å². The molecule has 4 nitrogen and oxygen atoms in total. The lowest BCUT2D eigenvalue weighted by Crippen LogP contribution is -1.96. The Morgan fingerprint density at radius 3 is 3.00 bits per heavy atom. The average molecular weight is 238 g/mol. The minimum absolute atomic E-state index is 0.520. The van der Waals surface area contributed by atoms with Crippen molar-refractivity contribution in [2.75, 3.05) is 12.0 Å². The first-order chi connectivity index (χ1) is 8.90. The molecule has 1 aromatic heterocycles. The number of nitrogens with zero attached hydrogens (tertiary/aromatic N) is 1. The van der Waals surface area contributed by atoms with Crippen LogP contribution in [0.25, 0.3) is 22.6 Å². The van der Waals surface area contributed by atoms with Crippen molar-refractivity contribution in [2.45, 2.75) is 0 Å². The van der Waals surface area contributed by atoms with E-state index in [2.05, 4.69) is 10.3 Å². The fourth-order valence-corrected chi connectivity index (χ4v) is 2.11. The number of ether oxygens (including phenoxy) is 1. The van der Waals surface area contributed by atoms with Gasteiger partial charge in [0.2, 0.25) is 5.89 Å². The number of benzene rings is 2. The van der Waals surface area contributed by atoms with Crippen LogP contribution < -0.4 is 10.1 Å². The fourth-order valence-electron chi connectivity index (χ4n) is 2.11. The summed E-state index contributed by atoms with van der Waals surface area (Å²) in [6, 6.07) is 13.6. The Labute approximate surface area is 103 Å². The molecule has 88 valence electrons. The average Bonchev–Trinajstić information content (AvgIpc) is 3.04. The monoisotopic (exact) mass is 238 g/mol. The number of para-hydroxylation sites is 2.